The highest BCUT2D eigenvalue weighted by Gasteiger charge is 2.41. The van der Waals surface area contributed by atoms with Crippen LogP contribution >= 0.6 is 0 Å². The van der Waals surface area contributed by atoms with Crippen LogP contribution in [0.25, 0.3) is 0 Å². The molecule has 1 fully saturated rings. The van der Waals surface area contributed by atoms with E-state index in [9.17, 15) is 22.2 Å². The van der Waals surface area contributed by atoms with E-state index in [4.69, 9.17) is 10.3 Å². The number of anilines is 2. The number of carbonyl (C=O) groups is 1. The molecule has 0 aliphatic carbocycles. The second kappa shape index (κ2) is 11.9. The van der Waals surface area contributed by atoms with Crippen LogP contribution in [-0.2, 0) is 26.3 Å². The fourth-order valence-corrected chi connectivity index (χ4v) is 4.41. The lowest BCUT2D eigenvalue weighted by Gasteiger charge is -2.24. The van der Waals surface area contributed by atoms with Gasteiger partial charge in [0.15, 0.2) is 4.90 Å². The lowest BCUT2D eigenvalue weighted by Crippen LogP contribution is -2.67. The van der Waals surface area contributed by atoms with Crippen LogP contribution in [0, 0.1) is 5.53 Å². The van der Waals surface area contributed by atoms with Crippen molar-refractivity contribution >= 4 is 28.2 Å². The molecule has 2 amide bonds. The monoisotopic (exact) mass is 564 g/mol. The van der Waals surface area contributed by atoms with Crippen LogP contribution in [0.2, 0.25) is 0 Å². The highest BCUT2D eigenvalue weighted by Crippen LogP contribution is 2.37. The number of nitrogens with one attached hydrogen (secondary N) is 3. The lowest BCUT2D eigenvalue weighted by atomic mass is 10.1. The molecule has 0 aromatic heterocycles. The molecule has 3 aromatic rings. The van der Waals surface area contributed by atoms with Gasteiger partial charge in [-0.15, -0.1) is 22.5 Å². The number of benzene rings is 3. The summed E-state index contributed by atoms with van der Waals surface area (Å²) in [5.41, 5.74) is 13.0. The van der Waals surface area contributed by atoms with Crippen LogP contribution in [-0.4, -0.2) is 31.2 Å². The minimum Gasteiger partial charge on any atom is -0.406 e. The standard InChI is InChI=1S/C25H25F3N6O4S/c1-39(36)20-4-2-3-17(13-20)31-24(35)34(18-9-11-19(12-10-18)38-25(26,27)28)14-15-5-7-16(8-6-15)21-22(37-21)32-23(29)33-30/h2-13,21-23,30,32H,14,29H2,1H3,(H,31,35)/p+2. The summed E-state index contributed by atoms with van der Waals surface area (Å²) >= 11 is 0. The largest absolute Gasteiger partial charge is 0.573 e. The second-order valence-corrected chi connectivity index (χ2v) is 10.1. The maximum atomic E-state index is 13.3. The van der Waals surface area contributed by atoms with Crippen molar-refractivity contribution < 1.29 is 37.4 Å². The first-order valence-electron chi connectivity index (χ1n) is 11.7. The summed E-state index contributed by atoms with van der Waals surface area (Å²) in [5.74, 6) is -0.411. The average Bonchev–Trinajstić information content (AvgIpc) is 3.66. The maximum absolute atomic E-state index is 13.3. The van der Waals surface area contributed by atoms with Crippen LogP contribution < -0.4 is 26.0 Å². The van der Waals surface area contributed by atoms with E-state index >= 15 is 0 Å². The van der Waals surface area contributed by atoms with Crippen molar-refractivity contribution in [2.24, 2.45) is 5.11 Å². The Bertz CT molecular complexity index is 1340. The Kier molecular flexibility index (Phi) is 8.60. The van der Waals surface area contributed by atoms with E-state index in [1.165, 1.54) is 17.0 Å². The second-order valence-electron chi connectivity index (χ2n) is 8.64. The summed E-state index contributed by atoms with van der Waals surface area (Å²) < 4.78 is 59.2. The number of urea groups is 1. The number of quaternary nitrogens is 1. The van der Waals surface area contributed by atoms with Gasteiger partial charge in [0.2, 0.25) is 0 Å². The van der Waals surface area contributed by atoms with E-state index in [2.05, 4.69) is 26.2 Å². The van der Waals surface area contributed by atoms with Crippen molar-refractivity contribution in [3.05, 3.63) is 83.9 Å². The van der Waals surface area contributed by atoms with Gasteiger partial charge in [0.25, 0.3) is 6.29 Å². The Hall–Kier alpha value is -3.85. The number of ether oxygens (including phenoxy) is 2. The van der Waals surface area contributed by atoms with E-state index in [-0.39, 0.29) is 18.9 Å². The van der Waals surface area contributed by atoms with Crippen LogP contribution in [0.5, 0.6) is 5.75 Å². The van der Waals surface area contributed by atoms with Crippen molar-refractivity contribution in [3.63, 3.8) is 0 Å². The number of thiol groups is 1. The van der Waals surface area contributed by atoms with E-state index in [1.807, 2.05) is 24.3 Å². The molecular formula is C25H27F3N6O4S+2. The van der Waals surface area contributed by atoms with Crippen LogP contribution in [0.1, 0.15) is 17.2 Å². The Morgan fingerprint density at radius 3 is 2.49 bits per heavy atom. The van der Waals surface area contributed by atoms with Gasteiger partial charge in [0.05, 0.1) is 6.54 Å². The van der Waals surface area contributed by atoms with Gasteiger partial charge < -0.3 is 20.5 Å². The SMILES string of the molecule is C[SH+](=O)c1cccc(NC(=O)N(Cc2ccc(C3OC3NC([NH3+])N=N)cc2)c2ccc(OC(F)(F)F)cc2)c1. The first kappa shape index (κ1) is 28.2. The molecule has 39 heavy (non-hydrogen) atoms. The highest BCUT2D eigenvalue weighted by molar-refractivity contribution is 7.84. The molecule has 0 spiro atoms. The van der Waals surface area contributed by atoms with E-state index in [0.717, 1.165) is 23.3 Å². The fraction of sp³-hybridized carbons (Fsp3) is 0.240. The number of hydrogen-bond donors (Lipinski definition) is 4. The predicted molar refractivity (Wildman–Crippen MR) is 137 cm³/mol. The van der Waals surface area contributed by atoms with Crippen LogP contribution in [0.4, 0.5) is 29.3 Å². The van der Waals surface area contributed by atoms with Gasteiger partial charge in [-0.3, -0.25) is 4.90 Å². The number of rotatable bonds is 10. The molecule has 3 aromatic carbocycles. The molecule has 0 radical (unpaired) electrons. The van der Waals surface area contributed by atoms with Gasteiger partial charge in [-0.05, 0) is 47.5 Å². The highest BCUT2D eigenvalue weighted by atomic mass is 32.2. The molecule has 4 unspecified atom stereocenters. The number of amides is 2. The maximum Gasteiger partial charge on any atom is 0.573 e. The summed E-state index contributed by atoms with van der Waals surface area (Å²) in [6.45, 7) is 0.0964. The smallest absolute Gasteiger partial charge is 0.406 e. The zero-order valence-corrected chi connectivity index (χ0v) is 21.6. The first-order valence-corrected chi connectivity index (χ1v) is 13.4. The molecule has 10 nitrogen and oxygen atoms in total. The molecule has 1 heterocycles. The minimum atomic E-state index is -4.84. The van der Waals surface area contributed by atoms with Crippen molar-refractivity contribution in [1.29, 1.82) is 5.53 Å². The quantitative estimate of drug-likeness (QED) is 0.0965. The fourth-order valence-electron chi connectivity index (χ4n) is 3.79. The molecule has 14 heteroatoms. The molecule has 4 rings (SSSR count). The average molecular weight is 565 g/mol. The van der Waals surface area contributed by atoms with Crippen molar-refractivity contribution in [3.8, 4) is 5.75 Å². The molecule has 206 valence electrons. The third kappa shape index (κ3) is 7.83. The van der Waals surface area contributed by atoms with E-state index in [0.29, 0.717) is 16.3 Å². The molecule has 0 saturated carbocycles. The predicted octanol–water partition coefficient (Wildman–Crippen LogP) is 4.05. The number of nitrogens with zero attached hydrogens (tertiary/aromatic N) is 2. The van der Waals surface area contributed by atoms with Gasteiger partial charge in [-0.1, -0.05) is 30.3 Å². The minimum absolute atomic E-state index is 0.0964. The summed E-state index contributed by atoms with van der Waals surface area (Å²) in [6, 6.07) is 18.4. The van der Waals surface area contributed by atoms with Gasteiger partial charge in [0.1, 0.15) is 35.1 Å². The summed E-state index contributed by atoms with van der Waals surface area (Å²) in [6.07, 6.45) is -4.41. The Labute approximate surface area is 224 Å². The van der Waals surface area contributed by atoms with Gasteiger partial charge in [-0.2, -0.15) is 0 Å². The van der Waals surface area contributed by atoms with Gasteiger partial charge >= 0.3 is 12.4 Å². The summed E-state index contributed by atoms with van der Waals surface area (Å²) in [7, 11) is -1.62. The number of carbonyl (C=O) groups excluding carboxylic acids is 1. The number of halogens is 3. The lowest BCUT2D eigenvalue weighted by molar-refractivity contribution is -0.430. The molecular weight excluding hydrogens is 537 g/mol. The topological polar surface area (TPSA) is 147 Å². The summed E-state index contributed by atoms with van der Waals surface area (Å²) in [4.78, 5) is 15.3. The Morgan fingerprint density at radius 2 is 1.87 bits per heavy atom. The van der Waals surface area contributed by atoms with Crippen LogP contribution in [0.3, 0.4) is 0 Å². The molecule has 6 N–H and O–H groups in total. The van der Waals surface area contributed by atoms with Gasteiger partial charge in [0, 0.05) is 17.4 Å². The number of epoxide rings is 1. The van der Waals surface area contributed by atoms with Crippen molar-refractivity contribution in [2.75, 3.05) is 16.5 Å². The zero-order chi connectivity index (χ0) is 28.2. The molecule has 1 saturated heterocycles. The number of alkyl halides is 3. The first-order chi connectivity index (χ1) is 18.5. The Morgan fingerprint density at radius 1 is 1.18 bits per heavy atom. The normalized spacial score (nSPS) is 18.1. The van der Waals surface area contributed by atoms with E-state index in [1.54, 1.807) is 30.5 Å². The Balaban J connectivity index is 1.53. The molecule has 0 bridgehead atoms. The van der Waals surface area contributed by atoms with Gasteiger partial charge in [-0.25, -0.2) is 15.6 Å². The van der Waals surface area contributed by atoms with Crippen molar-refractivity contribution in [1.82, 2.24) is 5.32 Å². The number of hydrogen-bond acceptors (Lipinski definition) is 7. The third-order valence-electron chi connectivity index (χ3n) is 5.74. The third-order valence-corrected chi connectivity index (χ3v) is 6.75. The van der Waals surface area contributed by atoms with Crippen molar-refractivity contribution in [2.45, 2.75) is 36.4 Å². The molecule has 4 atom stereocenters. The zero-order valence-electron chi connectivity index (χ0n) is 20.7. The molecule has 1 aliphatic heterocycles. The van der Waals surface area contributed by atoms with E-state index < -0.39 is 35.2 Å². The molecule has 1 aliphatic rings. The van der Waals surface area contributed by atoms with Crippen LogP contribution in [0.15, 0.2) is 82.8 Å². The summed E-state index contributed by atoms with van der Waals surface area (Å²) in [5, 5.41) is 8.99.